The van der Waals surface area contributed by atoms with Gasteiger partial charge in [-0.2, -0.15) is 0 Å². The lowest BCUT2D eigenvalue weighted by atomic mass is 9.94. The van der Waals surface area contributed by atoms with Crippen LogP contribution in [-0.2, 0) is 17.6 Å². The van der Waals surface area contributed by atoms with Crippen molar-refractivity contribution in [3.8, 4) is 0 Å². The van der Waals surface area contributed by atoms with E-state index in [-0.39, 0.29) is 30.2 Å². The minimum Gasteiger partial charge on any atom is -0.339 e. The Morgan fingerprint density at radius 2 is 1.85 bits per heavy atom. The van der Waals surface area contributed by atoms with Crippen molar-refractivity contribution in [2.24, 2.45) is 5.73 Å². The maximum absolute atomic E-state index is 13.8. The van der Waals surface area contributed by atoms with Gasteiger partial charge in [-0.1, -0.05) is 48.5 Å². The highest BCUT2D eigenvalue weighted by Crippen LogP contribution is 2.22. The van der Waals surface area contributed by atoms with Gasteiger partial charge in [-0.3, -0.25) is 4.79 Å². The summed E-state index contributed by atoms with van der Waals surface area (Å²) in [6.07, 6.45) is 4.76. The van der Waals surface area contributed by atoms with Crippen LogP contribution in [0.2, 0.25) is 0 Å². The summed E-state index contributed by atoms with van der Waals surface area (Å²) >= 11 is 0. The molecule has 0 saturated carbocycles. The molecule has 0 aliphatic carbocycles. The molecule has 138 valence electrons. The third-order valence-electron chi connectivity index (χ3n) is 5.14. The molecule has 1 saturated heterocycles. The number of hydrogen-bond donors (Lipinski definition) is 1. The van der Waals surface area contributed by atoms with Crippen molar-refractivity contribution in [2.45, 2.75) is 50.6 Å². The summed E-state index contributed by atoms with van der Waals surface area (Å²) in [6.45, 7) is 0.794. The van der Waals surface area contributed by atoms with Crippen molar-refractivity contribution in [3.63, 3.8) is 0 Å². The van der Waals surface area contributed by atoms with Crippen LogP contribution in [0.25, 0.3) is 0 Å². The number of piperidine rings is 1. The molecule has 1 aliphatic heterocycles. The largest absolute Gasteiger partial charge is 0.339 e. The highest BCUT2D eigenvalue weighted by atomic mass is 19.1. The highest BCUT2D eigenvalue weighted by Gasteiger charge is 2.27. The van der Waals surface area contributed by atoms with Crippen LogP contribution in [0.4, 0.5) is 4.39 Å². The van der Waals surface area contributed by atoms with Gasteiger partial charge in [-0.05, 0) is 49.3 Å². The van der Waals surface area contributed by atoms with Crippen LogP contribution in [0.15, 0.2) is 54.6 Å². The summed E-state index contributed by atoms with van der Waals surface area (Å²) in [5.74, 6) is -0.162. The van der Waals surface area contributed by atoms with Gasteiger partial charge in [0, 0.05) is 25.0 Å². The van der Waals surface area contributed by atoms with Crippen LogP contribution in [-0.4, -0.2) is 29.4 Å². The molecule has 1 amide bonds. The second-order valence-electron chi connectivity index (χ2n) is 7.19. The minimum absolute atomic E-state index is 0.0921. The number of carbonyl (C=O) groups is 1. The lowest BCUT2D eigenvalue weighted by Crippen LogP contribution is -2.46. The van der Waals surface area contributed by atoms with Crippen molar-refractivity contribution >= 4 is 5.91 Å². The molecule has 26 heavy (non-hydrogen) atoms. The van der Waals surface area contributed by atoms with E-state index < -0.39 is 0 Å². The summed E-state index contributed by atoms with van der Waals surface area (Å²) in [7, 11) is 0. The topological polar surface area (TPSA) is 46.3 Å². The molecule has 0 bridgehead atoms. The molecule has 1 heterocycles. The predicted octanol–water partition coefficient (Wildman–Crippen LogP) is 3.71. The van der Waals surface area contributed by atoms with Crippen LogP contribution in [0.1, 0.15) is 36.8 Å². The van der Waals surface area contributed by atoms with E-state index in [4.69, 9.17) is 5.73 Å². The first-order valence-electron chi connectivity index (χ1n) is 9.46. The van der Waals surface area contributed by atoms with Gasteiger partial charge in [0.1, 0.15) is 5.82 Å². The fourth-order valence-electron chi connectivity index (χ4n) is 3.79. The third kappa shape index (κ3) is 4.92. The molecule has 1 fully saturated rings. The van der Waals surface area contributed by atoms with Gasteiger partial charge in [0.25, 0.3) is 0 Å². The fourth-order valence-corrected chi connectivity index (χ4v) is 3.79. The van der Waals surface area contributed by atoms with Gasteiger partial charge in [-0.25, -0.2) is 4.39 Å². The van der Waals surface area contributed by atoms with Crippen LogP contribution < -0.4 is 5.73 Å². The average Bonchev–Trinajstić information content (AvgIpc) is 2.65. The first kappa shape index (κ1) is 18.6. The zero-order valence-electron chi connectivity index (χ0n) is 15.1. The van der Waals surface area contributed by atoms with Crippen molar-refractivity contribution in [1.29, 1.82) is 0 Å². The number of carbonyl (C=O) groups excluding carboxylic acids is 1. The lowest BCUT2D eigenvalue weighted by Gasteiger charge is -2.36. The summed E-state index contributed by atoms with van der Waals surface area (Å²) in [6, 6.07) is 16.8. The van der Waals surface area contributed by atoms with E-state index in [0.29, 0.717) is 12.0 Å². The lowest BCUT2D eigenvalue weighted by molar-refractivity contribution is -0.135. The van der Waals surface area contributed by atoms with E-state index in [2.05, 4.69) is 12.1 Å². The number of rotatable bonds is 6. The van der Waals surface area contributed by atoms with Gasteiger partial charge < -0.3 is 10.6 Å². The summed E-state index contributed by atoms with van der Waals surface area (Å²) < 4.78 is 13.8. The second-order valence-corrected chi connectivity index (χ2v) is 7.19. The SMILES string of the molecule is N[C@@H](CC(=O)N1CCCC[C@H]1Cc1ccccc1)Cc1ccccc1F. The summed E-state index contributed by atoms with van der Waals surface area (Å²) in [5, 5.41) is 0. The molecule has 2 N–H and O–H groups in total. The Labute approximate surface area is 155 Å². The number of benzene rings is 2. The van der Waals surface area contributed by atoms with Gasteiger partial charge in [0.2, 0.25) is 5.91 Å². The Kier molecular flexibility index (Phi) is 6.40. The molecule has 3 nitrogen and oxygen atoms in total. The van der Waals surface area contributed by atoms with Crippen LogP contribution in [0.5, 0.6) is 0 Å². The molecule has 2 aromatic carbocycles. The first-order valence-corrected chi connectivity index (χ1v) is 9.46. The Morgan fingerprint density at radius 1 is 1.12 bits per heavy atom. The maximum atomic E-state index is 13.8. The molecule has 4 heteroatoms. The van der Waals surface area contributed by atoms with Gasteiger partial charge in [0.05, 0.1) is 0 Å². The summed E-state index contributed by atoms with van der Waals surface area (Å²) in [4.78, 5) is 14.8. The molecule has 2 atom stereocenters. The molecule has 0 aromatic heterocycles. The maximum Gasteiger partial charge on any atom is 0.224 e. The standard InChI is InChI=1S/C22H27FN2O/c23-21-12-5-4-10-18(21)15-19(24)16-22(26)25-13-7-6-11-20(25)14-17-8-2-1-3-9-17/h1-5,8-10,12,19-20H,6-7,11,13-16,24H2/t19-,20+/m1/s1. The van der Waals surface area contributed by atoms with Gasteiger partial charge in [0.15, 0.2) is 0 Å². The van der Waals surface area contributed by atoms with E-state index in [1.807, 2.05) is 23.1 Å². The number of hydrogen-bond acceptors (Lipinski definition) is 2. The van der Waals surface area contributed by atoms with Crippen molar-refractivity contribution in [1.82, 2.24) is 4.90 Å². The number of amides is 1. The first-order chi connectivity index (χ1) is 12.6. The number of halogens is 1. The van der Waals surface area contributed by atoms with E-state index >= 15 is 0 Å². The normalized spacial score (nSPS) is 18.5. The van der Waals surface area contributed by atoms with Gasteiger partial charge >= 0.3 is 0 Å². The zero-order chi connectivity index (χ0) is 18.4. The third-order valence-corrected chi connectivity index (χ3v) is 5.14. The molecular weight excluding hydrogens is 327 g/mol. The quantitative estimate of drug-likeness (QED) is 0.860. The molecule has 2 aromatic rings. The Bertz CT molecular complexity index is 719. The molecule has 0 unspecified atom stereocenters. The molecule has 1 aliphatic rings. The number of nitrogens with zero attached hydrogens (tertiary/aromatic N) is 1. The zero-order valence-corrected chi connectivity index (χ0v) is 15.1. The van der Waals surface area contributed by atoms with Crippen molar-refractivity contribution in [2.75, 3.05) is 6.54 Å². The Morgan fingerprint density at radius 3 is 2.62 bits per heavy atom. The predicted molar refractivity (Wildman–Crippen MR) is 102 cm³/mol. The molecule has 0 radical (unpaired) electrons. The minimum atomic E-state index is -0.362. The van der Waals surface area contributed by atoms with E-state index in [0.717, 1.165) is 32.2 Å². The molecule has 3 rings (SSSR count). The molecular formula is C22H27FN2O. The highest BCUT2D eigenvalue weighted by molar-refractivity contribution is 5.77. The van der Waals surface area contributed by atoms with Gasteiger partial charge in [-0.15, -0.1) is 0 Å². The second kappa shape index (κ2) is 8.95. The van der Waals surface area contributed by atoms with Crippen molar-refractivity contribution in [3.05, 3.63) is 71.5 Å². The van der Waals surface area contributed by atoms with Crippen molar-refractivity contribution < 1.29 is 9.18 Å². The van der Waals surface area contributed by atoms with Crippen LogP contribution in [0, 0.1) is 5.82 Å². The fraction of sp³-hybridized carbons (Fsp3) is 0.409. The van der Waals surface area contributed by atoms with Crippen LogP contribution >= 0.6 is 0 Å². The summed E-state index contributed by atoms with van der Waals surface area (Å²) in [5.41, 5.74) is 8.00. The monoisotopic (exact) mass is 354 g/mol. The van der Waals surface area contributed by atoms with E-state index in [9.17, 15) is 9.18 Å². The number of likely N-dealkylation sites (tertiary alicyclic amines) is 1. The molecule has 0 spiro atoms. The van der Waals surface area contributed by atoms with E-state index in [1.54, 1.807) is 18.2 Å². The van der Waals surface area contributed by atoms with E-state index in [1.165, 1.54) is 11.6 Å². The Balaban J connectivity index is 1.60. The smallest absolute Gasteiger partial charge is 0.224 e. The number of nitrogens with two attached hydrogens (primary N) is 1. The average molecular weight is 354 g/mol. The van der Waals surface area contributed by atoms with Crippen LogP contribution in [0.3, 0.4) is 0 Å². The Hall–Kier alpha value is -2.20.